The summed E-state index contributed by atoms with van der Waals surface area (Å²) in [4.78, 5) is 36.1. The first kappa shape index (κ1) is 19.6. The minimum absolute atomic E-state index is 0.139. The molecule has 1 unspecified atom stereocenters. The van der Waals surface area contributed by atoms with Gasteiger partial charge in [-0.05, 0) is 55.1 Å². The van der Waals surface area contributed by atoms with Crippen LogP contribution in [0.4, 0.5) is 0 Å². The topological polar surface area (TPSA) is 120 Å². The normalized spacial score (nSPS) is 17.2. The van der Waals surface area contributed by atoms with E-state index in [0.717, 1.165) is 31.5 Å². The van der Waals surface area contributed by atoms with Crippen LogP contribution in [0.2, 0.25) is 0 Å². The van der Waals surface area contributed by atoms with Crippen molar-refractivity contribution in [3.8, 4) is 0 Å². The van der Waals surface area contributed by atoms with Gasteiger partial charge in [0.1, 0.15) is 5.76 Å². The van der Waals surface area contributed by atoms with E-state index < -0.39 is 11.9 Å². The summed E-state index contributed by atoms with van der Waals surface area (Å²) in [7, 11) is 0. The molecule has 1 fully saturated rings. The molecule has 3 rings (SSSR count). The number of piperidine rings is 1. The van der Waals surface area contributed by atoms with Gasteiger partial charge in [0.2, 0.25) is 11.7 Å². The Morgan fingerprint density at radius 2 is 1.82 bits per heavy atom. The Kier molecular flexibility index (Phi) is 6.10. The number of furan rings is 1. The van der Waals surface area contributed by atoms with Crippen LogP contribution >= 0.6 is 0 Å². The molecule has 1 aromatic heterocycles. The zero-order chi connectivity index (χ0) is 20.1. The molecule has 2 heterocycles. The van der Waals surface area contributed by atoms with Crippen molar-refractivity contribution >= 4 is 17.8 Å². The quantitative estimate of drug-likeness (QED) is 0.667. The standard InChI is InChI=1S/C20H22N2O6/c23-18(21-10-16-7-8-17(28-16)20(26)27)12-22-9-1-2-15(11-22)13-3-5-14(6-4-13)19(24)25/h3-8,15H,1-2,9-12H2,(H,21,23)(H,24,25)(H,26,27). The summed E-state index contributed by atoms with van der Waals surface area (Å²) in [6.07, 6.45) is 1.95. The molecular weight excluding hydrogens is 364 g/mol. The molecule has 148 valence electrons. The third-order valence-electron chi connectivity index (χ3n) is 4.83. The Hall–Kier alpha value is -3.13. The molecule has 2 aromatic rings. The number of carboxylic acid groups (broad SMARTS) is 2. The van der Waals surface area contributed by atoms with Crippen molar-refractivity contribution in [2.45, 2.75) is 25.3 Å². The Morgan fingerprint density at radius 1 is 1.07 bits per heavy atom. The van der Waals surface area contributed by atoms with Crippen molar-refractivity contribution < 1.29 is 29.0 Å². The fraction of sp³-hybridized carbons (Fsp3) is 0.350. The third-order valence-corrected chi connectivity index (χ3v) is 4.83. The van der Waals surface area contributed by atoms with E-state index in [9.17, 15) is 14.4 Å². The highest BCUT2D eigenvalue weighted by Crippen LogP contribution is 2.27. The number of hydrogen-bond acceptors (Lipinski definition) is 5. The van der Waals surface area contributed by atoms with Crippen LogP contribution in [0.1, 0.15) is 51.0 Å². The lowest BCUT2D eigenvalue weighted by Gasteiger charge is -2.32. The summed E-state index contributed by atoms with van der Waals surface area (Å²) >= 11 is 0. The first-order valence-electron chi connectivity index (χ1n) is 9.06. The molecule has 0 radical (unpaired) electrons. The first-order valence-corrected chi connectivity index (χ1v) is 9.06. The molecule has 0 saturated carbocycles. The molecule has 1 atom stereocenters. The van der Waals surface area contributed by atoms with Crippen LogP contribution in [0.15, 0.2) is 40.8 Å². The van der Waals surface area contributed by atoms with Gasteiger partial charge >= 0.3 is 11.9 Å². The van der Waals surface area contributed by atoms with Crippen LogP contribution < -0.4 is 5.32 Å². The van der Waals surface area contributed by atoms with Gasteiger partial charge in [0.25, 0.3) is 0 Å². The maximum Gasteiger partial charge on any atom is 0.371 e. The van der Waals surface area contributed by atoms with Crippen molar-refractivity contribution in [1.82, 2.24) is 10.2 Å². The van der Waals surface area contributed by atoms with Crippen LogP contribution in [0.25, 0.3) is 0 Å². The lowest BCUT2D eigenvalue weighted by molar-refractivity contribution is -0.122. The number of amides is 1. The number of benzene rings is 1. The molecule has 1 amide bonds. The Morgan fingerprint density at radius 3 is 2.46 bits per heavy atom. The van der Waals surface area contributed by atoms with E-state index in [1.54, 1.807) is 12.1 Å². The second kappa shape index (κ2) is 8.71. The second-order valence-electron chi connectivity index (χ2n) is 6.85. The Balaban J connectivity index is 1.50. The first-order chi connectivity index (χ1) is 13.4. The summed E-state index contributed by atoms with van der Waals surface area (Å²) in [5.74, 6) is -1.76. The highest BCUT2D eigenvalue weighted by Gasteiger charge is 2.23. The lowest BCUT2D eigenvalue weighted by Crippen LogP contribution is -2.41. The molecule has 8 nitrogen and oxygen atoms in total. The number of nitrogens with one attached hydrogen (secondary N) is 1. The van der Waals surface area contributed by atoms with E-state index in [0.29, 0.717) is 5.76 Å². The van der Waals surface area contributed by atoms with Crippen molar-refractivity contribution in [2.24, 2.45) is 0 Å². The van der Waals surface area contributed by atoms with Gasteiger partial charge in [-0.3, -0.25) is 9.69 Å². The second-order valence-corrected chi connectivity index (χ2v) is 6.85. The van der Waals surface area contributed by atoms with Crippen LogP contribution in [-0.2, 0) is 11.3 Å². The van der Waals surface area contributed by atoms with E-state index in [1.165, 1.54) is 12.1 Å². The highest BCUT2D eigenvalue weighted by molar-refractivity contribution is 5.87. The van der Waals surface area contributed by atoms with Gasteiger partial charge in [-0.25, -0.2) is 9.59 Å². The minimum Gasteiger partial charge on any atom is -0.478 e. The van der Waals surface area contributed by atoms with Gasteiger partial charge in [0.05, 0.1) is 18.7 Å². The van der Waals surface area contributed by atoms with Gasteiger partial charge in [0.15, 0.2) is 0 Å². The lowest BCUT2D eigenvalue weighted by atomic mass is 9.90. The van der Waals surface area contributed by atoms with Crippen LogP contribution in [-0.4, -0.2) is 52.6 Å². The summed E-state index contributed by atoms with van der Waals surface area (Å²) in [6, 6.07) is 9.79. The van der Waals surface area contributed by atoms with Gasteiger partial charge in [-0.1, -0.05) is 12.1 Å². The number of aromatic carboxylic acids is 2. The average molecular weight is 386 g/mol. The van der Waals surface area contributed by atoms with Gasteiger partial charge in [0, 0.05) is 6.54 Å². The number of likely N-dealkylation sites (tertiary alicyclic amines) is 1. The zero-order valence-electron chi connectivity index (χ0n) is 15.3. The monoisotopic (exact) mass is 386 g/mol. The number of carboxylic acids is 2. The molecule has 0 aliphatic carbocycles. The molecule has 0 spiro atoms. The van der Waals surface area contributed by atoms with Crippen molar-refractivity contribution in [1.29, 1.82) is 0 Å². The molecule has 28 heavy (non-hydrogen) atoms. The largest absolute Gasteiger partial charge is 0.478 e. The van der Waals surface area contributed by atoms with E-state index in [1.807, 2.05) is 12.1 Å². The SMILES string of the molecule is O=C(CN1CCCC(c2ccc(C(=O)O)cc2)C1)NCc1ccc(C(=O)O)o1. The van der Waals surface area contributed by atoms with Gasteiger partial charge in [-0.2, -0.15) is 0 Å². The average Bonchev–Trinajstić information content (AvgIpc) is 3.16. The number of nitrogens with zero attached hydrogens (tertiary/aromatic N) is 1. The Bertz CT molecular complexity index is 858. The van der Waals surface area contributed by atoms with Crippen LogP contribution in [0, 0.1) is 0 Å². The fourth-order valence-corrected chi connectivity index (χ4v) is 3.40. The van der Waals surface area contributed by atoms with E-state index in [4.69, 9.17) is 14.6 Å². The van der Waals surface area contributed by atoms with Gasteiger partial charge < -0.3 is 19.9 Å². The number of rotatable bonds is 7. The smallest absolute Gasteiger partial charge is 0.371 e. The third kappa shape index (κ3) is 4.98. The predicted octanol–water partition coefficient (Wildman–Crippen LogP) is 2.17. The molecule has 3 N–H and O–H groups in total. The molecule has 8 heteroatoms. The molecule has 1 saturated heterocycles. The highest BCUT2D eigenvalue weighted by atomic mass is 16.4. The van der Waals surface area contributed by atoms with E-state index >= 15 is 0 Å². The number of carbonyl (C=O) groups is 3. The van der Waals surface area contributed by atoms with Crippen molar-refractivity contribution in [2.75, 3.05) is 19.6 Å². The molecule has 0 bridgehead atoms. The fourth-order valence-electron chi connectivity index (χ4n) is 3.40. The zero-order valence-corrected chi connectivity index (χ0v) is 15.3. The van der Waals surface area contributed by atoms with Crippen molar-refractivity contribution in [3.63, 3.8) is 0 Å². The maximum absolute atomic E-state index is 12.2. The predicted molar refractivity (Wildman–Crippen MR) is 99.3 cm³/mol. The van der Waals surface area contributed by atoms with Gasteiger partial charge in [-0.15, -0.1) is 0 Å². The summed E-state index contributed by atoms with van der Waals surface area (Å²) in [5, 5.41) is 20.6. The molecule has 1 aromatic carbocycles. The van der Waals surface area contributed by atoms with Crippen LogP contribution in [0.3, 0.4) is 0 Å². The summed E-state index contributed by atoms with van der Waals surface area (Å²) < 4.78 is 5.12. The minimum atomic E-state index is -1.15. The summed E-state index contributed by atoms with van der Waals surface area (Å²) in [6.45, 7) is 1.93. The van der Waals surface area contributed by atoms with Crippen molar-refractivity contribution in [3.05, 3.63) is 59.0 Å². The molecular formula is C20H22N2O6. The van der Waals surface area contributed by atoms with E-state index in [-0.39, 0.29) is 36.2 Å². The summed E-state index contributed by atoms with van der Waals surface area (Å²) in [5.41, 5.74) is 1.34. The number of carbonyl (C=O) groups excluding carboxylic acids is 1. The van der Waals surface area contributed by atoms with E-state index in [2.05, 4.69) is 10.2 Å². The molecule has 1 aliphatic heterocycles. The molecule has 1 aliphatic rings. The number of hydrogen-bond donors (Lipinski definition) is 3. The maximum atomic E-state index is 12.2. The Labute approximate surface area is 161 Å². The van der Waals surface area contributed by atoms with Crippen LogP contribution in [0.5, 0.6) is 0 Å².